The molecule has 1 heterocycles. The zero-order chi connectivity index (χ0) is 12.3. The Kier molecular flexibility index (Phi) is 2.99. The van der Waals surface area contributed by atoms with E-state index in [1.54, 1.807) is 30.2 Å². The summed E-state index contributed by atoms with van der Waals surface area (Å²) in [7, 11) is 1.78. The minimum absolute atomic E-state index is 0.0592. The molecule has 1 aromatic heterocycles. The van der Waals surface area contributed by atoms with Crippen molar-refractivity contribution in [1.29, 1.82) is 0 Å². The Morgan fingerprint density at radius 2 is 2.35 bits per heavy atom. The van der Waals surface area contributed by atoms with Gasteiger partial charge in [-0.1, -0.05) is 6.07 Å². The highest BCUT2D eigenvalue weighted by Gasteiger charge is 2.05. The van der Waals surface area contributed by atoms with E-state index in [0.29, 0.717) is 18.1 Å². The molecule has 17 heavy (non-hydrogen) atoms. The van der Waals surface area contributed by atoms with Gasteiger partial charge in [0.15, 0.2) is 5.82 Å². The zero-order valence-electron chi connectivity index (χ0n) is 9.20. The van der Waals surface area contributed by atoms with Crippen molar-refractivity contribution in [2.75, 3.05) is 5.32 Å². The second-order valence-electron chi connectivity index (χ2n) is 3.50. The predicted octanol–water partition coefficient (Wildman–Crippen LogP) is 1.34. The smallest absolute Gasteiger partial charge is 0.271 e. The van der Waals surface area contributed by atoms with E-state index in [9.17, 15) is 10.1 Å². The predicted molar refractivity (Wildman–Crippen MR) is 61.4 cm³/mol. The second kappa shape index (κ2) is 4.60. The first-order valence-corrected chi connectivity index (χ1v) is 4.98. The maximum atomic E-state index is 10.6. The number of nitrogens with zero attached hydrogens (tertiary/aromatic N) is 4. The molecule has 0 atom stereocenters. The summed E-state index contributed by atoms with van der Waals surface area (Å²) in [6.07, 6.45) is 1.60. The van der Waals surface area contributed by atoms with Gasteiger partial charge in [0.25, 0.3) is 5.69 Å². The lowest BCUT2D eigenvalue weighted by atomic mass is 10.3. The fraction of sp³-hybridized carbons (Fsp3) is 0.200. The molecular formula is C10H11N5O2. The molecule has 7 nitrogen and oxygen atoms in total. The molecule has 0 aliphatic carbocycles. The van der Waals surface area contributed by atoms with Gasteiger partial charge in [0, 0.05) is 24.9 Å². The van der Waals surface area contributed by atoms with Gasteiger partial charge in [-0.2, -0.15) is 5.10 Å². The van der Waals surface area contributed by atoms with Crippen LogP contribution in [0.25, 0.3) is 0 Å². The molecule has 0 saturated heterocycles. The van der Waals surface area contributed by atoms with Crippen molar-refractivity contribution >= 4 is 11.4 Å². The SMILES string of the molecule is Cn1cnc(CNc2cccc([N+](=O)[O-])c2)n1. The van der Waals surface area contributed by atoms with Crippen LogP contribution in [-0.4, -0.2) is 19.7 Å². The van der Waals surface area contributed by atoms with Crippen molar-refractivity contribution < 1.29 is 4.92 Å². The molecule has 0 spiro atoms. The number of nitro benzene ring substituents is 1. The van der Waals surface area contributed by atoms with E-state index in [2.05, 4.69) is 15.4 Å². The molecule has 0 fully saturated rings. The van der Waals surface area contributed by atoms with E-state index in [1.165, 1.54) is 12.1 Å². The lowest BCUT2D eigenvalue weighted by Gasteiger charge is -2.02. The maximum Gasteiger partial charge on any atom is 0.271 e. The molecule has 1 aromatic carbocycles. The number of benzene rings is 1. The van der Waals surface area contributed by atoms with Crippen LogP contribution in [-0.2, 0) is 13.6 Å². The minimum Gasteiger partial charge on any atom is -0.377 e. The average Bonchev–Trinajstić information content (AvgIpc) is 2.73. The molecule has 0 aliphatic rings. The molecule has 0 saturated carbocycles. The normalized spacial score (nSPS) is 10.2. The van der Waals surface area contributed by atoms with Gasteiger partial charge in [-0.15, -0.1) is 0 Å². The first kappa shape index (κ1) is 11.1. The number of nitrogens with one attached hydrogen (secondary N) is 1. The summed E-state index contributed by atoms with van der Waals surface area (Å²) in [5, 5.41) is 17.7. The van der Waals surface area contributed by atoms with Gasteiger partial charge in [-0.25, -0.2) is 4.98 Å². The Hall–Kier alpha value is -2.44. The number of anilines is 1. The molecule has 88 valence electrons. The fourth-order valence-electron chi connectivity index (χ4n) is 1.38. The number of rotatable bonds is 4. The number of nitro groups is 1. The van der Waals surface area contributed by atoms with Crippen molar-refractivity contribution in [2.24, 2.45) is 7.05 Å². The van der Waals surface area contributed by atoms with Crippen LogP contribution in [0.5, 0.6) is 0 Å². The molecule has 0 radical (unpaired) electrons. The largest absolute Gasteiger partial charge is 0.377 e. The number of non-ortho nitro benzene ring substituents is 1. The second-order valence-corrected chi connectivity index (χ2v) is 3.50. The van der Waals surface area contributed by atoms with Crippen molar-refractivity contribution in [3.05, 3.63) is 46.5 Å². The first-order chi connectivity index (χ1) is 8.15. The van der Waals surface area contributed by atoms with E-state index in [-0.39, 0.29) is 5.69 Å². The van der Waals surface area contributed by atoms with Gasteiger partial charge >= 0.3 is 0 Å². The van der Waals surface area contributed by atoms with Crippen LogP contribution in [0.3, 0.4) is 0 Å². The summed E-state index contributed by atoms with van der Waals surface area (Å²) in [5.74, 6) is 0.638. The van der Waals surface area contributed by atoms with E-state index >= 15 is 0 Å². The Balaban J connectivity index is 2.04. The summed E-state index contributed by atoms with van der Waals surface area (Å²) in [6.45, 7) is 0.433. The van der Waals surface area contributed by atoms with Crippen LogP contribution in [0.2, 0.25) is 0 Å². The Morgan fingerprint density at radius 1 is 1.53 bits per heavy atom. The fourth-order valence-corrected chi connectivity index (χ4v) is 1.38. The van der Waals surface area contributed by atoms with E-state index in [0.717, 1.165) is 0 Å². The van der Waals surface area contributed by atoms with Crippen LogP contribution in [0, 0.1) is 10.1 Å². The molecule has 7 heteroatoms. The highest BCUT2D eigenvalue weighted by atomic mass is 16.6. The monoisotopic (exact) mass is 233 g/mol. The third kappa shape index (κ3) is 2.77. The summed E-state index contributed by atoms with van der Waals surface area (Å²) in [4.78, 5) is 14.2. The summed E-state index contributed by atoms with van der Waals surface area (Å²) in [5.41, 5.74) is 0.732. The van der Waals surface area contributed by atoms with Crippen LogP contribution >= 0.6 is 0 Å². The van der Waals surface area contributed by atoms with E-state index < -0.39 is 4.92 Å². The van der Waals surface area contributed by atoms with Crippen LogP contribution < -0.4 is 5.32 Å². The quantitative estimate of drug-likeness (QED) is 0.636. The molecule has 2 aromatic rings. The topological polar surface area (TPSA) is 85.9 Å². The highest BCUT2D eigenvalue weighted by molar-refractivity contribution is 5.50. The third-order valence-electron chi connectivity index (χ3n) is 2.15. The van der Waals surface area contributed by atoms with Gasteiger partial charge in [0.1, 0.15) is 6.33 Å². The summed E-state index contributed by atoms with van der Waals surface area (Å²) in [6, 6.07) is 6.31. The molecule has 2 rings (SSSR count). The Labute approximate surface area is 97.2 Å². The number of aryl methyl sites for hydroxylation is 1. The van der Waals surface area contributed by atoms with Crippen LogP contribution in [0.1, 0.15) is 5.82 Å². The Bertz CT molecular complexity index is 537. The molecule has 0 bridgehead atoms. The van der Waals surface area contributed by atoms with Crippen LogP contribution in [0.4, 0.5) is 11.4 Å². The van der Waals surface area contributed by atoms with Crippen molar-refractivity contribution in [3.8, 4) is 0 Å². The molecule has 0 aliphatic heterocycles. The molecule has 0 amide bonds. The van der Waals surface area contributed by atoms with Crippen molar-refractivity contribution in [2.45, 2.75) is 6.54 Å². The number of hydrogen-bond donors (Lipinski definition) is 1. The average molecular weight is 233 g/mol. The minimum atomic E-state index is -0.426. The zero-order valence-corrected chi connectivity index (χ0v) is 9.20. The highest BCUT2D eigenvalue weighted by Crippen LogP contribution is 2.17. The first-order valence-electron chi connectivity index (χ1n) is 4.98. The molecule has 0 unspecified atom stereocenters. The van der Waals surface area contributed by atoms with E-state index in [4.69, 9.17) is 0 Å². The Morgan fingerprint density at radius 3 is 3.00 bits per heavy atom. The molecular weight excluding hydrogens is 222 g/mol. The lowest BCUT2D eigenvalue weighted by molar-refractivity contribution is -0.384. The van der Waals surface area contributed by atoms with Gasteiger partial charge < -0.3 is 5.32 Å². The molecule has 1 N–H and O–H groups in total. The van der Waals surface area contributed by atoms with Gasteiger partial charge in [-0.05, 0) is 6.07 Å². The van der Waals surface area contributed by atoms with Crippen molar-refractivity contribution in [3.63, 3.8) is 0 Å². The van der Waals surface area contributed by atoms with Crippen molar-refractivity contribution in [1.82, 2.24) is 14.8 Å². The number of aromatic nitrogens is 3. The standard InChI is InChI=1S/C10H11N5O2/c1-14-7-12-10(13-14)6-11-8-3-2-4-9(5-8)15(16)17/h2-5,7,11H,6H2,1H3. The van der Waals surface area contributed by atoms with Gasteiger partial charge in [0.2, 0.25) is 0 Å². The maximum absolute atomic E-state index is 10.6. The van der Waals surface area contributed by atoms with Gasteiger partial charge in [0.05, 0.1) is 11.5 Å². The lowest BCUT2D eigenvalue weighted by Crippen LogP contribution is -2.02. The number of hydrogen-bond acceptors (Lipinski definition) is 5. The van der Waals surface area contributed by atoms with Crippen LogP contribution in [0.15, 0.2) is 30.6 Å². The third-order valence-corrected chi connectivity index (χ3v) is 2.15. The summed E-state index contributed by atoms with van der Waals surface area (Å²) < 4.78 is 1.60. The van der Waals surface area contributed by atoms with E-state index in [1.807, 2.05) is 0 Å². The summed E-state index contributed by atoms with van der Waals surface area (Å²) >= 11 is 0. The van der Waals surface area contributed by atoms with Gasteiger partial charge in [-0.3, -0.25) is 14.8 Å².